The van der Waals surface area contributed by atoms with Crippen molar-refractivity contribution in [2.45, 2.75) is 32.6 Å². The van der Waals surface area contributed by atoms with E-state index >= 15 is 0 Å². The maximum atomic E-state index is 11.4. The second-order valence-electron chi connectivity index (χ2n) is 4.76. The smallest absolute Gasteiger partial charge is 0.312 e. The maximum Gasteiger partial charge on any atom is 0.312 e. The molecular weight excluding hydrogens is 202 g/mol. The summed E-state index contributed by atoms with van der Waals surface area (Å²) in [6.45, 7) is 6.57. The topological polar surface area (TPSA) is 52.3 Å². The average Bonchev–Trinajstić information content (AvgIpc) is 2.17. The zero-order valence-corrected chi connectivity index (χ0v) is 10.1. The van der Waals surface area contributed by atoms with E-state index in [4.69, 9.17) is 10.5 Å². The largest absolute Gasteiger partial charge is 0.426 e. The van der Waals surface area contributed by atoms with E-state index in [1.54, 1.807) is 0 Å². The summed E-state index contributed by atoms with van der Waals surface area (Å²) in [5, 5.41) is 0. The van der Waals surface area contributed by atoms with Crippen LogP contribution in [0.3, 0.4) is 0 Å². The Morgan fingerprint density at radius 3 is 2.50 bits per heavy atom. The van der Waals surface area contributed by atoms with Crippen LogP contribution in [0.15, 0.2) is 24.3 Å². The van der Waals surface area contributed by atoms with Gasteiger partial charge in [0.2, 0.25) is 0 Å². The number of carbonyl (C=O) groups is 1. The van der Waals surface area contributed by atoms with Gasteiger partial charge in [-0.1, -0.05) is 39.0 Å². The molecule has 0 radical (unpaired) electrons. The molecule has 0 saturated carbocycles. The van der Waals surface area contributed by atoms with Gasteiger partial charge >= 0.3 is 5.97 Å². The first-order valence-electron chi connectivity index (χ1n) is 5.45. The molecule has 0 heterocycles. The minimum absolute atomic E-state index is 0.0421. The molecule has 1 aromatic rings. The Morgan fingerprint density at radius 2 is 1.94 bits per heavy atom. The average molecular weight is 221 g/mol. The standard InChI is InChI=1S/C13H19NO2/c1-13(2,3)10-6-4-5-7-11(10)16-12(15)8-9-14/h4-7H,8-9,14H2,1-3H3. The Kier molecular flexibility index (Phi) is 4.07. The molecule has 0 atom stereocenters. The number of nitrogens with two attached hydrogens (primary N) is 1. The first-order valence-corrected chi connectivity index (χ1v) is 5.45. The number of esters is 1. The van der Waals surface area contributed by atoms with Gasteiger partial charge in [-0.25, -0.2) is 0 Å². The number of carbonyl (C=O) groups excluding carboxylic acids is 1. The molecule has 0 amide bonds. The van der Waals surface area contributed by atoms with Gasteiger partial charge < -0.3 is 10.5 Å². The fourth-order valence-electron chi connectivity index (χ4n) is 1.47. The lowest BCUT2D eigenvalue weighted by molar-refractivity contribution is -0.134. The molecule has 16 heavy (non-hydrogen) atoms. The summed E-state index contributed by atoms with van der Waals surface area (Å²) in [4.78, 5) is 11.4. The van der Waals surface area contributed by atoms with Crippen molar-refractivity contribution in [3.63, 3.8) is 0 Å². The molecule has 3 heteroatoms. The molecule has 0 aliphatic carbocycles. The molecule has 0 fully saturated rings. The Balaban J connectivity index is 2.92. The van der Waals surface area contributed by atoms with Gasteiger partial charge in [-0.3, -0.25) is 4.79 Å². The van der Waals surface area contributed by atoms with Crippen molar-refractivity contribution in [1.82, 2.24) is 0 Å². The third-order valence-electron chi connectivity index (χ3n) is 2.27. The zero-order valence-electron chi connectivity index (χ0n) is 10.1. The summed E-state index contributed by atoms with van der Waals surface area (Å²) in [6, 6.07) is 7.60. The number of rotatable bonds is 3. The highest BCUT2D eigenvalue weighted by Gasteiger charge is 2.19. The van der Waals surface area contributed by atoms with E-state index in [1.807, 2.05) is 24.3 Å². The number of benzene rings is 1. The summed E-state index contributed by atoms with van der Waals surface area (Å²) in [5.41, 5.74) is 6.29. The van der Waals surface area contributed by atoms with E-state index in [-0.39, 0.29) is 17.8 Å². The van der Waals surface area contributed by atoms with E-state index in [2.05, 4.69) is 20.8 Å². The van der Waals surface area contributed by atoms with Crippen LogP contribution >= 0.6 is 0 Å². The van der Waals surface area contributed by atoms with Crippen molar-refractivity contribution in [3.05, 3.63) is 29.8 Å². The van der Waals surface area contributed by atoms with Gasteiger partial charge in [0.15, 0.2) is 0 Å². The van der Waals surface area contributed by atoms with Crippen LogP contribution in [0.4, 0.5) is 0 Å². The predicted molar refractivity (Wildman–Crippen MR) is 64.4 cm³/mol. The van der Waals surface area contributed by atoms with Gasteiger partial charge in [-0.2, -0.15) is 0 Å². The first kappa shape index (κ1) is 12.7. The van der Waals surface area contributed by atoms with Gasteiger partial charge in [0.05, 0.1) is 6.42 Å². The van der Waals surface area contributed by atoms with E-state index in [9.17, 15) is 4.79 Å². The van der Waals surface area contributed by atoms with Crippen molar-refractivity contribution in [1.29, 1.82) is 0 Å². The SMILES string of the molecule is CC(C)(C)c1ccccc1OC(=O)CCN. The van der Waals surface area contributed by atoms with Crippen molar-refractivity contribution >= 4 is 5.97 Å². The van der Waals surface area contributed by atoms with E-state index < -0.39 is 0 Å². The Labute approximate surface area is 96.6 Å². The van der Waals surface area contributed by atoms with Crippen LogP contribution in [0, 0.1) is 0 Å². The van der Waals surface area contributed by atoms with Crippen LogP contribution in [0.25, 0.3) is 0 Å². The summed E-state index contributed by atoms with van der Waals surface area (Å²) < 4.78 is 5.29. The van der Waals surface area contributed by atoms with E-state index in [0.717, 1.165) is 5.56 Å². The van der Waals surface area contributed by atoms with Crippen molar-refractivity contribution in [2.24, 2.45) is 5.73 Å². The van der Waals surface area contributed by atoms with Crippen molar-refractivity contribution in [2.75, 3.05) is 6.54 Å². The molecule has 0 aliphatic rings. The Hall–Kier alpha value is -1.35. The number of hydrogen-bond acceptors (Lipinski definition) is 3. The number of ether oxygens (including phenoxy) is 1. The van der Waals surface area contributed by atoms with Crippen LogP contribution in [0.2, 0.25) is 0 Å². The molecule has 1 rings (SSSR count). The van der Waals surface area contributed by atoms with Crippen molar-refractivity contribution in [3.8, 4) is 5.75 Å². The van der Waals surface area contributed by atoms with Crippen LogP contribution in [0.5, 0.6) is 5.75 Å². The lowest BCUT2D eigenvalue weighted by Crippen LogP contribution is -2.18. The molecule has 0 unspecified atom stereocenters. The van der Waals surface area contributed by atoms with Crippen molar-refractivity contribution < 1.29 is 9.53 Å². The molecule has 2 N–H and O–H groups in total. The molecule has 0 aliphatic heterocycles. The number of hydrogen-bond donors (Lipinski definition) is 1. The molecule has 0 aromatic heterocycles. The fourth-order valence-corrected chi connectivity index (χ4v) is 1.47. The van der Waals surface area contributed by atoms with Crippen LogP contribution in [-0.4, -0.2) is 12.5 Å². The zero-order chi connectivity index (χ0) is 12.2. The van der Waals surface area contributed by atoms with Crippen LogP contribution in [-0.2, 0) is 10.2 Å². The van der Waals surface area contributed by atoms with Crippen LogP contribution < -0.4 is 10.5 Å². The van der Waals surface area contributed by atoms with Crippen LogP contribution in [0.1, 0.15) is 32.8 Å². The quantitative estimate of drug-likeness (QED) is 0.629. The van der Waals surface area contributed by atoms with Gasteiger partial charge in [0, 0.05) is 12.1 Å². The lowest BCUT2D eigenvalue weighted by atomic mass is 9.86. The molecule has 0 bridgehead atoms. The third kappa shape index (κ3) is 3.35. The lowest BCUT2D eigenvalue weighted by Gasteiger charge is -2.21. The van der Waals surface area contributed by atoms with Gasteiger partial charge in [0.25, 0.3) is 0 Å². The fraction of sp³-hybridized carbons (Fsp3) is 0.462. The summed E-state index contributed by atoms with van der Waals surface area (Å²) >= 11 is 0. The Morgan fingerprint density at radius 1 is 1.31 bits per heavy atom. The predicted octanol–water partition coefficient (Wildman–Crippen LogP) is 2.24. The Bertz CT molecular complexity index is 366. The van der Waals surface area contributed by atoms with Gasteiger partial charge in [0.1, 0.15) is 5.75 Å². The molecule has 0 spiro atoms. The molecule has 0 saturated heterocycles. The molecule has 1 aromatic carbocycles. The maximum absolute atomic E-state index is 11.4. The van der Waals surface area contributed by atoms with E-state index in [0.29, 0.717) is 12.3 Å². The molecule has 88 valence electrons. The minimum Gasteiger partial charge on any atom is -0.426 e. The van der Waals surface area contributed by atoms with Gasteiger partial charge in [-0.05, 0) is 11.5 Å². The molecular formula is C13H19NO2. The van der Waals surface area contributed by atoms with E-state index in [1.165, 1.54) is 0 Å². The summed E-state index contributed by atoms with van der Waals surface area (Å²) in [5.74, 6) is 0.354. The first-order chi connectivity index (χ1) is 7.45. The highest BCUT2D eigenvalue weighted by Crippen LogP contribution is 2.30. The highest BCUT2D eigenvalue weighted by molar-refractivity contribution is 5.73. The third-order valence-corrected chi connectivity index (χ3v) is 2.27. The summed E-state index contributed by atoms with van der Waals surface area (Å²) in [6.07, 6.45) is 0.248. The van der Waals surface area contributed by atoms with Gasteiger partial charge in [-0.15, -0.1) is 0 Å². The minimum atomic E-state index is -0.279. The monoisotopic (exact) mass is 221 g/mol. The second kappa shape index (κ2) is 5.12. The normalized spacial score (nSPS) is 11.2. The molecule has 3 nitrogen and oxygen atoms in total. The summed E-state index contributed by atoms with van der Waals surface area (Å²) in [7, 11) is 0. The highest BCUT2D eigenvalue weighted by atomic mass is 16.5. The second-order valence-corrected chi connectivity index (χ2v) is 4.76. The number of para-hydroxylation sites is 1.